The van der Waals surface area contributed by atoms with Gasteiger partial charge < -0.3 is 18.8 Å². The van der Waals surface area contributed by atoms with Crippen LogP contribution in [0.4, 0.5) is 5.95 Å². The summed E-state index contributed by atoms with van der Waals surface area (Å²) in [5.41, 5.74) is 0.751. The predicted octanol–water partition coefficient (Wildman–Crippen LogP) is 3.63. The maximum Gasteiger partial charge on any atom is 0.268 e. The van der Waals surface area contributed by atoms with Crippen LogP contribution in [0.25, 0.3) is 11.0 Å². The average Bonchev–Trinajstić information content (AvgIpc) is 3.43. The molecule has 2 fully saturated rings. The van der Waals surface area contributed by atoms with Crippen LogP contribution in [0.3, 0.4) is 0 Å². The molecule has 0 aromatic carbocycles. The topological polar surface area (TPSA) is 100 Å². The molecule has 9 nitrogen and oxygen atoms in total. The van der Waals surface area contributed by atoms with Crippen molar-refractivity contribution < 1.29 is 9.29 Å². The lowest BCUT2D eigenvalue weighted by molar-refractivity contribution is 0.0972. The van der Waals surface area contributed by atoms with E-state index in [1.165, 1.54) is 11.8 Å². The van der Waals surface area contributed by atoms with E-state index in [9.17, 15) is 9.35 Å². The Morgan fingerprint density at radius 3 is 2.68 bits per heavy atom. The highest BCUT2D eigenvalue weighted by Gasteiger charge is 2.52. The Balaban J connectivity index is 1.31. The number of aryl methyl sites for hydroxylation is 1. The molecule has 1 spiro atoms. The Bertz CT molecular complexity index is 1360. The number of nitrogens with zero attached hydrogens (tertiary/aromatic N) is 5. The summed E-state index contributed by atoms with van der Waals surface area (Å²) in [5.74, 6) is 0.681. The lowest BCUT2D eigenvalue weighted by Crippen LogP contribution is -2.57. The minimum Gasteiger partial charge on any atom is -0.598 e. The quantitative estimate of drug-likeness (QED) is 0.439. The van der Waals surface area contributed by atoms with E-state index in [4.69, 9.17) is 9.72 Å². The summed E-state index contributed by atoms with van der Waals surface area (Å²) >= 11 is 0.274. The number of nitrogens with one attached hydrogen (secondary N) is 1. The van der Waals surface area contributed by atoms with Gasteiger partial charge in [-0.25, -0.2) is 9.97 Å². The molecule has 3 aromatic rings. The van der Waals surface area contributed by atoms with E-state index in [-0.39, 0.29) is 27.9 Å². The SMILES string of the molecule is CCC(C)(C)[S+]([O-])N[C@@H]1[C@H](C)OCC12CCN(c1ncc(Sc3ccnc4c3ccn4C)c(=O)n1C)CC2. The van der Waals surface area contributed by atoms with Gasteiger partial charge in [0.1, 0.15) is 10.4 Å². The Morgan fingerprint density at radius 2 is 1.97 bits per heavy atom. The fraction of sp³-hybridized carbons (Fsp3) is 0.593. The Hall–Kier alpha value is -2.05. The van der Waals surface area contributed by atoms with E-state index < -0.39 is 11.4 Å². The molecule has 1 N–H and O–H groups in total. The number of anilines is 1. The molecule has 1 unspecified atom stereocenters. The number of piperidine rings is 1. The van der Waals surface area contributed by atoms with Gasteiger partial charge in [-0.05, 0) is 52.2 Å². The first-order chi connectivity index (χ1) is 18.1. The molecule has 11 heteroatoms. The number of aromatic nitrogens is 4. The van der Waals surface area contributed by atoms with Crippen LogP contribution in [-0.4, -0.2) is 60.2 Å². The molecule has 2 saturated heterocycles. The summed E-state index contributed by atoms with van der Waals surface area (Å²) in [7, 11) is 3.76. The third kappa shape index (κ3) is 4.88. The second-order valence-electron chi connectivity index (χ2n) is 11.2. The van der Waals surface area contributed by atoms with Crippen LogP contribution >= 0.6 is 11.8 Å². The van der Waals surface area contributed by atoms with Crippen LogP contribution in [0.5, 0.6) is 0 Å². The van der Waals surface area contributed by atoms with E-state index in [0.717, 1.165) is 48.3 Å². The molecular formula is C27H38N6O3S2. The highest BCUT2D eigenvalue weighted by molar-refractivity contribution is 7.99. The molecule has 38 heavy (non-hydrogen) atoms. The van der Waals surface area contributed by atoms with Crippen molar-refractivity contribution >= 4 is 40.1 Å². The molecule has 0 aliphatic carbocycles. The number of hydrogen-bond donors (Lipinski definition) is 1. The monoisotopic (exact) mass is 558 g/mol. The van der Waals surface area contributed by atoms with E-state index in [1.807, 2.05) is 43.8 Å². The predicted molar refractivity (Wildman–Crippen MR) is 153 cm³/mol. The summed E-state index contributed by atoms with van der Waals surface area (Å²) in [6.45, 7) is 10.4. The second kappa shape index (κ2) is 10.5. The van der Waals surface area contributed by atoms with Gasteiger partial charge >= 0.3 is 0 Å². The normalized spacial score (nSPS) is 22.4. The maximum absolute atomic E-state index is 13.4. The fourth-order valence-corrected chi connectivity index (χ4v) is 7.66. The van der Waals surface area contributed by atoms with Gasteiger partial charge in [0.15, 0.2) is 0 Å². The second-order valence-corrected chi connectivity index (χ2v) is 14.2. The Labute approximate surface area is 231 Å². The number of fused-ring (bicyclic) bond motifs is 1. The summed E-state index contributed by atoms with van der Waals surface area (Å²) in [6, 6.07) is 3.99. The van der Waals surface area contributed by atoms with Gasteiger partial charge in [-0.15, -0.1) is 4.72 Å². The van der Waals surface area contributed by atoms with Crippen LogP contribution in [-0.2, 0) is 30.2 Å². The van der Waals surface area contributed by atoms with Crippen LogP contribution in [0.1, 0.15) is 47.0 Å². The van der Waals surface area contributed by atoms with Crippen molar-refractivity contribution in [2.75, 3.05) is 24.6 Å². The third-order valence-corrected chi connectivity index (χ3v) is 11.3. The standard InChI is InChI=1S/C27H38N6O3S2/c1-7-26(3,4)38(35)30-22-18(2)36-17-27(22)10-14-33(15-11-27)25-29-16-21(24(34)32(25)6)37-20-8-12-28-23-19(20)9-13-31(23)5/h8-9,12-13,16,18,22,30H,7,10-11,14-15,17H2,1-6H3/t18-,22+,38?/m0/s1. The number of rotatable bonds is 7. The van der Waals surface area contributed by atoms with E-state index in [2.05, 4.69) is 28.5 Å². The Kier molecular flexibility index (Phi) is 7.60. The lowest BCUT2D eigenvalue weighted by atomic mass is 9.73. The van der Waals surface area contributed by atoms with E-state index in [0.29, 0.717) is 17.5 Å². The van der Waals surface area contributed by atoms with Crippen LogP contribution < -0.4 is 15.2 Å². The molecule has 0 bridgehead atoms. The van der Waals surface area contributed by atoms with Crippen molar-refractivity contribution in [2.24, 2.45) is 19.5 Å². The van der Waals surface area contributed by atoms with Crippen molar-refractivity contribution in [1.82, 2.24) is 23.8 Å². The largest absolute Gasteiger partial charge is 0.598 e. The van der Waals surface area contributed by atoms with Gasteiger partial charge in [0.25, 0.3) is 5.56 Å². The number of hydrogen-bond acceptors (Lipinski definition) is 8. The minimum absolute atomic E-state index is 0.00112. The van der Waals surface area contributed by atoms with Gasteiger partial charge in [-0.1, -0.05) is 18.7 Å². The third-order valence-electron chi connectivity index (χ3n) is 8.45. The summed E-state index contributed by atoms with van der Waals surface area (Å²) in [5, 5.41) is 1.02. The fourth-order valence-electron chi connectivity index (χ4n) is 5.44. The highest BCUT2D eigenvalue weighted by Crippen LogP contribution is 2.43. The van der Waals surface area contributed by atoms with E-state index >= 15 is 0 Å². The molecule has 0 radical (unpaired) electrons. The van der Waals surface area contributed by atoms with Crippen LogP contribution in [0, 0.1) is 5.41 Å². The van der Waals surface area contributed by atoms with Crippen LogP contribution in [0.15, 0.2) is 45.3 Å². The molecule has 0 amide bonds. The molecular weight excluding hydrogens is 520 g/mol. The van der Waals surface area contributed by atoms with Gasteiger partial charge in [-0.2, -0.15) is 0 Å². The zero-order valence-corrected chi connectivity index (χ0v) is 24.7. The van der Waals surface area contributed by atoms with Crippen molar-refractivity contribution in [1.29, 1.82) is 0 Å². The Morgan fingerprint density at radius 1 is 1.24 bits per heavy atom. The number of pyridine rings is 1. The van der Waals surface area contributed by atoms with Gasteiger partial charge in [0.2, 0.25) is 5.95 Å². The van der Waals surface area contributed by atoms with Crippen molar-refractivity contribution in [2.45, 2.75) is 73.6 Å². The van der Waals surface area contributed by atoms with Gasteiger partial charge in [0.05, 0.1) is 29.8 Å². The molecule has 3 atom stereocenters. The molecule has 206 valence electrons. The highest BCUT2D eigenvalue weighted by atomic mass is 32.2. The van der Waals surface area contributed by atoms with Crippen molar-refractivity contribution in [3.8, 4) is 0 Å². The summed E-state index contributed by atoms with van der Waals surface area (Å²) in [6.07, 6.45) is 8.05. The first-order valence-electron chi connectivity index (χ1n) is 13.2. The molecule has 5 heterocycles. The first kappa shape index (κ1) is 27.5. The van der Waals surface area contributed by atoms with Crippen molar-refractivity contribution in [3.05, 3.63) is 41.1 Å². The zero-order valence-electron chi connectivity index (χ0n) is 23.1. The van der Waals surface area contributed by atoms with Gasteiger partial charge in [0, 0.05) is 66.6 Å². The van der Waals surface area contributed by atoms with Crippen molar-refractivity contribution in [3.63, 3.8) is 0 Å². The zero-order chi connectivity index (χ0) is 27.2. The average molecular weight is 559 g/mol. The van der Waals surface area contributed by atoms with Crippen LogP contribution in [0.2, 0.25) is 0 Å². The molecule has 2 aliphatic heterocycles. The molecule has 2 aliphatic rings. The minimum atomic E-state index is -1.16. The molecule has 0 saturated carbocycles. The first-order valence-corrected chi connectivity index (χ1v) is 15.2. The molecule has 5 rings (SSSR count). The smallest absolute Gasteiger partial charge is 0.268 e. The number of ether oxygens (including phenoxy) is 1. The maximum atomic E-state index is 13.4. The van der Waals surface area contributed by atoms with Gasteiger partial charge in [-0.3, -0.25) is 9.36 Å². The van der Waals surface area contributed by atoms with E-state index in [1.54, 1.807) is 24.0 Å². The lowest BCUT2D eigenvalue weighted by Gasteiger charge is -2.43. The summed E-state index contributed by atoms with van der Waals surface area (Å²) < 4.78 is 26.0. The molecule has 3 aromatic heterocycles. The summed E-state index contributed by atoms with van der Waals surface area (Å²) in [4.78, 5) is 26.3.